The maximum atomic E-state index is 12.2. The van der Waals surface area contributed by atoms with Crippen LogP contribution in [0.2, 0.25) is 0 Å². The maximum absolute atomic E-state index is 12.2. The number of benzene rings is 2. The van der Waals surface area contributed by atoms with Crippen LogP contribution in [0.1, 0.15) is 17.5 Å². The first-order chi connectivity index (χ1) is 11.0. The number of nitrogens with one attached hydrogen (secondary N) is 2. The lowest BCUT2D eigenvalue weighted by Gasteiger charge is -2.06. The van der Waals surface area contributed by atoms with Crippen molar-refractivity contribution in [3.63, 3.8) is 0 Å². The minimum Gasteiger partial charge on any atom is -0.326 e. The number of carbonyl (C=O) groups excluding carboxylic acids is 2. The molecule has 0 spiro atoms. The van der Waals surface area contributed by atoms with Gasteiger partial charge in [-0.3, -0.25) is 9.59 Å². The Bertz CT molecular complexity index is 657. The lowest BCUT2D eigenvalue weighted by Crippen LogP contribution is -2.20. The molecular weight excluding hydrogens is 288 g/mol. The van der Waals surface area contributed by atoms with Crippen LogP contribution in [0.25, 0.3) is 0 Å². The fourth-order valence-electron chi connectivity index (χ4n) is 2.52. The molecule has 1 aliphatic rings. The smallest absolute Gasteiger partial charge is 0.228 e. The summed E-state index contributed by atoms with van der Waals surface area (Å²) in [5, 5.41) is 5.74. The number of rotatable bonds is 4. The second kappa shape index (κ2) is 6.24. The van der Waals surface area contributed by atoms with Crippen LogP contribution in [-0.4, -0.2) is 11.8 Å². The van der Waals surface area contributed by atoms with Gasteiger partial charge in [-0.15, -0.1) is 0 Å². The molecule has 0 aliphatic heterocycles. The number of amides is 2. The average molecular weight is 308 g/mol. The van der Waals surface area contributed by atoms with Gasteiger partial charge in [-0.2, -0.15) is 0 Å². The van der Waals surface area contributed by atoms with Gasteiger partial charge >= 0.3 is 0 Å². The van der Waals surface area contributed by atoms with Crippen molar-refractivity contribution < 1.29 is 9.59 Å². The minimum absolute atomic E-state index is 0.0853. The summed E-state index contributed by atoms with van der Waals surface area (Å²) in [4.78, 5) is 24.4. The lowest BCUT2D eigenvalue weighted by molar-refractivity contribution is -0.122. The van der Waals surface area contributed by atoms with E-state index in [0.717, 1.165) is 22.5 Å². The molecule has 1 fully saturated rings. The predicted octanol–water partition coefficient (Wildman–Crippen LogP) is 3.52. The number of anilines is 2. The summed E-state index contributed by atoms with van der Waals surface area (Å²) in [6.07, 6.45) is 0.607. The Morgan fingerprint density at radius 1 is 0.739 bits per heavy atom. The van der Waals surface area contributed by atoms with Gasteiger partial charge in [-0.25, -0.2) is 0 Å². The molecule has 0 radical (unpaired) electrons. The van der Waals surface area contributed by atoms with Crippen LogP contribution >= 0.6 is 0 Å². The lowest BCUT2D eigenvalue weighted by atomic mass is 10.2. The molecule has 2 amide bonds. The van der Waals surface area contributed by atoms with Gasteiger partial charge < -0.3 is 10.6 Å². The summed E-state index contributed by atoms with van der Waals surface area (Å²) < 4.78 is 0. The monoisotopic (exact) mass is 308 g/mol. The first-order valence-electron chi connectivity index (χ1n) is 7.78. The van der Waals surface area contributed by atoms with Gasteiger partial charge in [-0.05, 0) is 44.5 Å². The molecule has 0 heterocycles. The normalized spacial score (nSPS) is 19.0. The predicted molar refractivity (Wildman–Crippen MR) is 91.2 cm³/mol. The van der Waals surface area contributed by atoms with Crippen LogP contribution in [0.4, 0.5) is 11.4 Å². The molecule has 4 heteroatoms. The second-order valence-electron chi connectivity index (χ2n) is 6.16. The van der Waals surface area contributed by atoms with Crippen molar-refractivity contribution in [3.8, 4) is 0 Å². The SMILES string of the molecule is Cc1ccc(NC(=O)C2CC2C(=O)Nc2ccc(C)cc2)cc1. The van der Waals surface area contributed by atoms with Crippen LogP contribution in [0.15, 0.2) is 48.5 Å². The molecule has 2 N–H and O–H groups in total. The molecule has 0 bridgehead atoms. The van der Waals surface area contributed by atoms with Gasteiger partial charge in [0.1, 0.15) is 0 Å². The van der Waals surface area contributed by atoms with Gasteiger partial charge in [0.25, 0.3) is 0 Å². The highest BCUT2D eigenvalue weighted by molar-refractivity contribution is 6.03. The summed E-state index contributed by atoms with van der Waals surface area (Å²) >= 11 is 0. The van der Waals surface area contributed by atoms with Gasteiger partial charge in [0, 0.05) is 11.4 Å². The minimum atomic E-state index is -0.234. The molecule has 0 saturated heterocycles. The molecule has 2 aromatic rings. The third kappa shape index (κ3) is 3.77. The van der Waals surface area contributed by atoms with Gasteiger partial charge in [0.2, 0.25) is 11.8 Å². The second-order valence-corrected chi connectivity index (χ2v) is 6.16. The van der Waals surface area contributed by atoms with E-state index in [1.165, 1.54) is 0 Å². The standard InChI is InChI=1S/C19H20N2O2/c1-12-3-7-14(8-4-12)20-18(22)16-11-17(16)19(23)21-15-9-5-13(2)6-10-15/h3-10,16-17H,11H2,1-2H3,(H,20,22)(H,21,23). The van der Waals surface area contributed by atoms with Gasteiger partial charge in [-0.1, -0.05) is 35.4 Å². The maximum Gasteiger partial charge on any atom is 0.228 e. The highest BCUT2D eigenvalue weighted by atomic mass is 16.2. The third-order valence-electron chi connectivity index (χ3n) is 4.10. The number of aryl methyl sites for hydroxylation is 2. The number of hydrogen-bond acceptors (Lipinski definition) is 2. The van der Waals surface area contributed by atoms with Crippen LogP contribution in [0.5, 0.6) is 0 Å². The molecule has 4 nitrogen and oxygen atoms in total. The van der Waals surface area contributed by atoms with E-state index in [9.17, 15) is 9.59 Å². The zero-order chi connectivity index (χ0) is 16.4. The van der Waals surface area contributed by atoms with E-state index in [1.54, 1.807) is 0 Å². The van der Waals surface area contributed by atoms with E-state index < -0.39 is 0 Å². The Balaban J connectivity index is 1.53. The van der Waals surface area contributed by atoms with Crippen LogP contribution in [-0.2, 0) is 9.59 Å². The van der Waals surface area contributed by atoms with E-state index in [1.807, 2.05) is 62.4 Å². The van der Waals surface area contributed by atoms with Crippen molar-refractivity contribution in [2.75, 3.05) is 10.6 Å². The average Bonchev–Trinajstić information content (AvgIpc) is 3.33. The van der Waals surface area contributed by atoms with E-state index in [4.69, 9.17) is 0 Å². The van der Waals surface area contributed by atoms with E-state index in [0.29, 0.717) is 6.42 Å². The Morgan fingerprint density at radius 3 is 1.43 bits per heavy atom. The number of hydrogen-bond donors (Lipinski definition) is 2. The van der Waals surface area contributed by atoms with Gasteiger partial charge in [0.05, 0.1) is 11.8 Å². The Kier molecular flexibility index (Phi) is 4.15. The van der Waals surface area contributed by atoms with Crippen molar-refractivity contribution in [1.29, 1.82) is 0 Å². The fraction of sp³-hybridized carbons (Fsp3) is 0.263. The summed E-state index contributed by atoms with van der Waals surface area (Å²) in [6.45, 7) is 4.00. The topological polar surface area (TPSA) is 58.2 Å². The molecular formula is C19H20N2O2. The Hall–Kier alpha value is -2.62. The first kappa shape index (κ1) is 15.3. The van der Waals surface area contributed by atoms with Crippen molar-refractivity contribution in [3.05, 3.63) is 59.7 Å². The molecule has 1 saturated carbocycles. The summed E-state index contributed by atoms with van der Waals surface area (Å²) in [5.74, 6) is -0.640. The molecule has 23 heavy (non-hydrogen) atoms. The van der Waals surface area contributed by atoms with Crippen LogP contribution < -0.4 is 10.6 Å². The first-order valence-corrected chi connectivity index (χ1v) is 7.78. The zero-order valence-corrected chi connectivity index (χ0v) is 13.3. The highest BCUT2D eigenvalue weighted by Gasteiger charge is 2.48. The molecule has 2 unspecified atom stereocenters. The summed E-state index contributed by atoms with van der Waals surface area (Å²) in [7, 11) is 0. The summed E-state index contributed by atoms with van der Waals surface area (Å²) in [6, 6.07) is 15.3. The number of carbonyl (C=O) groups is 2. The van der Waals surface area contributed by atoms with Crippen LogP contribution in [0.3, 0.4) is 0 Å². The molecule has 0 aromatic heterocycles. The van der Waals surface area contributed by atoms with Crippen LogP contribution in [0, 0.1) is 25.7 Å². The molecule has 3 rings (SSSR count). The fourth-order valence-corrected chi connectivity index (χ4v) is 2.52. The quantitative estimate of drug-likeness (QED) is 0.908. The largest absolute Gasteiger partial charge is 0.326 e. The van der Waals surface area contributed by atoms with E-state index in [-0.39, 0.29) is 23.7 Å². The Labute approximate surface area is 135 Å². The van der Waals surface area contributed by atoms with E-state index >= 15 is 0 Å². The van der Waals surface area contributed by atoms with E-state index in [2.05, 4.69) is 10.6 Å². The van der Waals surface area contributed by atoms with Crippen molar-refractivity contribution in [2.45, 2.75) is 20.3 Å². The van der Waals surface area contributed by atoms with Crippen molar-refractivity contribution in [1.82, 2.24) is 0 Å². The van der Waals surface area contributed by atoms with Crippen molar-refractivity contribution in [2.24, 2.45) is 11.8 Å². The summed E-state index contributed by atoms with van der Waals surface area (Å²) in [5.41, 5.74) is 3.82. The van der Waals surface area contributed by atoms with Gasteiger partial charge in [0.15, 0.2) is 0 Å². The zero-order valence-electron chi connectivity index (χ0n) is 13.3. The molecule has 2 aromatic carbocycles. The highest BCUT2D eigenvalue weighted by Crippen LogP contribution is 2.40. The molecule has 118 valence electrons. The van der Waals surface area contributed by atoms with Crippen molar-refractivity contribution >= 4 is 23.2 Å². The molecule has 2 atom stereocenters. The molecule has 1 aliphatic carbocycles. The Morgan fingerprint density at radius 2 is 1.09 bits per heavy atom. The third-order valence-corrected chi connectivity index (χ3v) is 4.10.